The molecule has 22 heavy (non-hydrogen) atoms. The van der Waals surface area contributed by atoms with Crippen LogP contribution in [0.2, 0.25) is 0 Å². The van der Waals surface area contributed by atoms with Gasteiger partial charge in [-0.15, -0.1) is 0 Å². The van der Waals surface area contributed by atoms with Gasteiger partial charge in [-0.3, -0.25) is 4.79 Å². The molecule has 0 radical (unpaired) electrons. The molecule has 0 saturated carbocycles. The van der Waals surface area contributed by atoms with Gasteiger partial charge in [0.1, 0.15) is 5.82 Å². The monoisotopic (exact) mass is 297 g/mol. The molecule has 0 bridgehead atoms. The normalized spacial score (nSPS) is 14.5. The van der Waals surface area contributed by atoms with Gasteiger partial charge in [0.05, 0.1) is 12.5 Å². The first kappa shape index (κ1) is 14.8. The van der Waals surface area contributed by atoms with Crippen LogP contribution in [0.4, 0.5) is 4.39 Å². The summed E-state index contributed by atoms with van der Waals surface area (Å²) in [5, 5.41) is 2.96. The van der Waals surface area contributed by atoms with Crippen molar-refractivity contribution in [3.63, 3.8) is 0 Å². The molecule has 1 aliphatic rings. The molecule has 1 aliphatic carbocycles. The first-order valence-electron chi connectivity index (χ1n) is 7.78. The first-order valence-corrected chi connectivity index (χ1v) is 7.78. The molecule has 114 valence electrons. The van der Waals surface area contributed by atoms with E-state index in [0.29, 0.717) is 5.56 Å². The highest BCUT2D eigenvalue weighted by molar-refractivity contribution is 5.79. The number of amides is 1. The van der Waals surface area contributed by atoms with Crippen molar-refractivity contribution in [3.8, 4) is 0 Å². The highest BCUT2D eigenvalue weighted by Gasteiger charge is 2.15. The second-order valence-corrected chi connectivity index (χ2v) is 5.94. The van der Waals surface area contributed by atoms with Gasteiger partial charge in [-0.2, -0.15) is 0 Å². The van der Waals surface area contributed by atoms with E-state index >= 15 is 0 Å². The van der Waals surface area contributed by atoms with Crippen LogP contribution in [-0.4, -0.2) is 5.91 Å². The lowest BCUT2D eigenvalue weighted by Gasteiger charge is -2.16. The number of carbonyl (C=O) groups excluding carboxylic acids is 1. The van der Waals surface area contributed by atoms with E-state index in [0.717, 1.165) is 18.4 Å². The smallest absolute Gasteiger partial charge is 0.225 e. The summed E-state index contributed by atoms with van der Waals surface area (Å²) < 4.78 is 13.6. The molecule has 1 N–H and O–H groups in total. The zero-order valence-electron chi connectivity index (χ0n) is 12.7. The van der Waals surface area contributed by atoms with Crippen molar-refractivity contribution in [3.05, 3.63) is 70.5 Å². The van der Waals surface area contributed by atoms with Crippen molar-refractivity contribution in [2.45, 2.75) is 38.6 Å². The molecule has 0 heterocycles. The van der Waals surface area contributed by atoms with E-state index in [4.69, 9.17) is 0 Å². The number of halogens is 1. The SMILES string of the molecule is CC(NC(=O)Cc1ccccc1F)c1ccc2c(c1)CCC2. The molecule has 0 spiro atoms. The molecule has 3 rings (SSSR count). The van der Waals surface area contributed by atoms with E-state index < -0.39 is 0 Å². The van der Waals surface area contributed by atoms with E-state index in [1.54, 1.807) is 18.2 Å². The van der Waals surface area contributed by atoms with Gasteiger partial charge in [-0.1, -0.05) is 36.4 Å². The fourth-order valence-electron chi connectivity index (χ4n) is 3.05. The zero-order valence-corrected chi connectivity index (χ0v) is 12.7. The quantitative estimate of drug-likeness (QED) is 0.915. The van der Waals surface area contributed by atoms with Crippen molar-refractivity contribution in [2.75, 3.05) is 0 Å². The number of aryl methyl sites for hydroxylation is 2. The molecule has 3 heteroatoms. The van der Waals surface area contributed by atoms with Crippen LogP contribution < -0.4 is 5.32 Å². The Morgan fingerprint density at radius 3 is 2.77 bits per heavy atom. The van der Waals surface area contributed by atoms with E-state index in [1.165, 1.54) is 23.6 Å². The Bertz CT molecular complexity index is 696. The van der Waals surface area contributed by atoms with Crippen molar-refractivity contribution >= 4 is 5.91 Å². The minimum Gasteiger partial charge on any atom is -0.349 e. The van der Waals surface area contributed by atoms with Crippen molar-refractivity contribution in [2.24, 2.45) is 0 Å². The summed E-state index contributed by atoms with van der Waals surface area (Å²) >= 11 is 0. The number of benzene rings is 2. The molecule has 1 amide bonds. The molecule has 2 aromatic carbocycles. The average Bonchev–Trinajstić information content (AvgIpc) is 2.97. The fraction of sp³-hybridized carbons (Fsp3) is 0.316. The Hall–Kier alpha value is -2.16. The molecule has 0 fully saturated rings. The van der Waals surface area contributed by atoms with Crippen LogP contribution in [0.3, 0.4) is 0 Å². The van der Waals surface area contributed by atoms with E-state index in [2.05, 4.69) is 23.5 Å². The maximum absolute atomic E-state index is 13.6. The Labute approximate surface area is 130 Å². The lowest BCUT2D eigenvalue weighted by atomic mass is 10.0. The predicted octanol–water partition coefficient (Wildman–Crippen LogP) is 3.73. The van der Waals surface area contributed by atoms with Crippen molar-refractivity contribution < 1.29 is 9.18 Å². The van der Waals surface area contributed by atoms with Crippen LogP contribution in [0, 0.1) is 5.82 Å². The van der Waals surface area contributed by atoms with Crippen LogP contribution in [-0.2, 0) is 24.1 Å². The largest absolute Gasteiger partial charge is 0.349 e. The minimum absolute atomic E-state index is 0.0647. The third kappa shape index (κ3) is 3.19. The van der Waals surface area contributed by atoms with Crippen LogP contribution in [0.15, 0.2) is 42.5 Å². The second kappa shape index (κ2) is 6.30. The summed E-state index contributed by atoms with van der Waals surface area (Å²) in [6, 6.07) is 12.8. The van der Waals surface area contributed by atoms with Crippen LogP contribution in [0.25, 0.3) is 0 Å². The fourth-order valence-corrected chi connectivity index (χ4v) is 3.05. The van der Waals surface area contributed by atoms with Gasteiger partial charge in [0.2, 0.25) is 5.91 Å². The summed E-state index contributed by atoms with van der Waals surface area (Å²) in [5.41, 5.74) is 4.37. The molecule has 1 unspecified atom stereocenters. The summed E-state index contributed by atoms with van der Waals surface area (Å²) in [7, 11) is 0. The number of carbonyl (C=O) groups is 1. The molecule has 0 saturated heterocycles. The topological polar surface area (TPSA) is 29.1 Å². The highest BCUT2D eigenvalue weighted by Crippen LogP contribution is 2.25. The number of hydrogen-bond donors (Lipinski definition) is 1. The van der Waals surface area contributed by atoms with Crippen LogP contribution in [0.5, 0.6) is 0 Å². The van der Waals surface area contributed by atoms with Gasteiger partial charge in [-0.25, -0.2) is 4.39 Å². The third-order valence-electron chi connectivity index (χ3n) is 4.31. The zero-order chi connectivity index (χ0) is 15.5. The second-order valence-electron chi connectivity index (χ2n) is 5.94. The summed E-state index contributed by atoms with van der Waals surface area (Å²) in [5.74, 6) is -0.485. The van der Waals surface area contributed by atoms with Gasteiger partial charge in [0, 0.05) is 0 Å². The molecule has 1 atom stereocenters. The number of fused-ring (bicyclic) bond motifs is 1. The van der Waals surface area contributed by atoms with Gasteiger partial charge >= 0.3 is 0 Å². The lowest BCUT2D eigenvalue weighted by molar-refractivity contribution is -0.121. The molecule has 2 nitrogen and oxygen atoms in total. The van der Waals surface area contributed by atoms with Gasteiger partial charge < -0.3 is 5.32 Å². The van der Waals surface area contributed by atoms with E-state index in [-0.39, 0.29) is 24.2 Å². The van der Waals surface area contributed by atoms with Gasteiger partial charge in [-0.05, 0) is 54.5 Å². The Kier molecular flexibility index (Phi) is 4.23. The van der Waals surface area contributed by atoms with E-state index in [9.17, 15) is 9.18 Å². The highest BCUT2D eigenvalue weighted by atomic mass is 19.1. The minimum atomic E-state index is -0.331. The summed E-state index contributed by atoms with van der Waals surface area (Å²) in [4.78, 5) is 12.1. The molecular weight excluding hydrogens is 277 g/mol. The average molecular weight is 297 g/mol. The number of hydrogen-bond acceptors (Lipinski definition) is 1. The van der Waals surface area contributed by atoms with Gasteiger partial charge in [0.25, 0.3) is 0 Å². The summed E-state index contributed by atoms with van der Waals surface area (Å²) in [6.07, 6.45) is 3.57. The first-order chi connectivity index (χ1) is 10.6. The predicted molar refractivity (Wildman–Crippen MR) is 85.1 cm³/mol. The Morgan fingerprint density at radius 2 is 1.95 bits per heavy atom. The molecule has 0 aliphatic heterocycles. The van der Waals surface area contributed by atoms with Crippen LogP contribution in [0.1, 0.15) is 41.6 Å². The molecule has 0 aromatic heterocycles. The van der Waals surface area contributed by atoms with Crippen molar-refractivity contribution in [1.82, 2.24) is 5.32 Å². The maximum Gasteiger partial charge on any atom is 0.225 e. The Balaban J connectivity index is 1.65. The number of nitrogens with one attached hydrogen (secondary N) is 1. The Morgan fingerprint density at radius 1 is 1.18 bits per heavy atom. The maximum atomic E-state index is 13.6. The summed E-state index contributed by atoms with van der Waals surface area (Å²) in [6.45, 7) is 1.97. The number of rotatable bonds is 4. The van der Waals surface area contributed by atoms with Crippen molar-refractivity contribution in [1.29, 1.82) is 0 Å². The molecular formula is C19H20FNO. The lowest BCUT2D eigenvalue weighted by Crippen LogP contribution is -2.28. The van der Waals surface area contributed by atoms with Gasteiger partial charge in [0.15, 0.2) is 0 Å². The third-order valence-corrected chi connectivity index (χ3v) is 4.31. The standard InChI is InChI=1S/C19H20FNO/c1-13(15-10-9-14-6-4-7-16(14)11-15)21-19(22)12-17-5-2-3-8-18(17)20/h2-3,5,8-11,13H,4,6-7,12H2,1H3,(H,21,22). The van der Waals surface area contributed by atoms with E-state index in [1.807, 2.05) is 6.92 Å². The molecule has 2 aromatic rings. The van der Waals surface area contributed by atoms with Crippen LogP contribution >= 0.6 is 0 Å².